The highest BCUT2D eigenvalue weighted by Gasteiger charge is 2.10. The van der Waals surface area contributed by atoms with Crippen molar-refractivity contribution in [3.63, 3.8) is 0 Å². The van der Waals surface area contributed by atoms with Crippen molar-refractivity contribution in [1.29, 1.82) is 0 Å². The number of benzene rings is 2. The van der Waals surface area contributed by atoms with Gasteiger partial charge in [-0.25, -0.2) is 0 Å². The first kappa shape index (κ1) is 18.8. The molecular weight excluding hydrogens is 318 g/mol. The van der Waals surface area contributed by atoms with Crippen molar-refractivity contribution < 1.29 is 19.0 Å². The first-order valence-electron chi connectivity index (χ1n) is 8.32. The summed E-state index contributed by atoms with van der Waals surface area (Å²) in [5, 5.41) is 2.89. The fourth-order valence-corrected chi connectivity index (χ4v) is 2.43. The summed E-state index contributed by atoms with van der Waals surface area (Å²) in [6.07, 6.45) is 0.790. The third-order valence-electron chi connectivity index (χ3n) is 3.89. The molecule has 25 heavy (non-hydrogen) atoms. The second-order valence-electron chi connectivity index (χ2n) is 5.60. The fraction of sp³-hybridized carbons (Fsp3) is 0.350. The number of rotatable bonds is 9. The fourth-order valence-electron chi connectivity index (χ4n) is 2.43. The van der Waals surface area contributed by atoms with Crippen molar-refractivity contribution >= 4 is 5.91 Å². The Kier molecular flexibility index (Phi) is 7.29. The van der Waals surface area contributed by atoms with Crippen LogP contribution in [0, 0.1) is 0 Å². The van der Waals surface area contributed by atoms with Crippen LogP contribution in [-0.4, -0.2) is 33.3 Å². The van der Waals surface area contributed by atoms with E-state index in [0.29, 0.717) is 30.2 Å². The molecule has 1 N–H and O–H groups in total. The van der Waals surface area contributed by atoms with E-state index < -0.39 is 0 Å². The monoisotopic (exact) mass is 343 g/mol. The summed E-state index contributed by atoms with van der Waals surface area (Å²) in [5.74, 6) is 0.995. The van der Waals surface area contributed by atoms with Gasteiger partial charge in [0.05, 0.1) is 20.3 Å². The van der Waals surface area contributed by atoms with Crippen molar-refractivity contribution in [3.05, 3.63) is 59.7 Å². The number of hydrogen-bond donors (Lipinski definition) is 1. The highest BCUT2D eigenvalue weighted by molar-refractivity contribution is 5.94. The molecule has 5 nitrogen and oxygen atoms in total. The van der Waals surface area contributed by atoms with Crippen LogP contribution in [0.5, 0.6) is 11.5 Å². The lowest BCUT2D eigenvalue weighted by Crippen LogP contribution is -2.25. The van der Waals surface area contributed by atoms with E-state index in [1.54, 1.807) is 32.4 Å². The Morgan fingerprint density at radius 3 is 2.44 bits per heavy atom. The lowest BCUT2D eigenvalue weighted by atomic mass is 10.1. The van der Waals surface area contributed by atoms with Crippen LogP contribution in [0.25, 0.3) is 0 Å². The molecule has 0 saturated heterocycles. The lowest BCUT2D eigenvalue weighted by molar-refractivity contribution is 0.0635. The van der Waals surface area contributed by atoms with Gasteiger partial charge in [-0.15, -0.1) is 0 Å². The van der Waals surface area contributed by atoms with Crippen molar-refractivity contribution in [2.45, 2.75) is 19.4 Å². The average Bonchev–Trinajstić information content (AvgIpc) is 2.67. The van der Waals surface area contributed by atoms with E-state index in [9.17, 15) is 4.79 Å². The molecule has 0 radical (unpaired) electrons. The number of ether oxygens (including phenoxy) is 3. The summed E-state index contributed by atoms with van der Waals surface area (Å²) in [5.41, 5.74) is 1.69. The largest absolute Gasteiger partial charge is 0.493 e. The van der Waals surface area contributed by atoms with Gasteiger partial charge >= 0.3 is 0 Å². The molecule has 2 aromatic rings. The molecule has 0 aliphatic carbocycles. The summed E-state index contributed by atoms with van der Waals surface area (Å²) in [6.45, 7) is 3.16. The van der Waals surface area contributed by atoms with Gasteiger partial charge in [0.25, 0.3) is 5.91 Å². The molecular formula is C20H25NO4. The van der Waals surface area contributed by atoms with Crippen LogP contribution < -0.4 is 14.8 Å². The molecule has 0 saturated carbocycles. The SMILES string of the molecule is COc1ccc(C(=O)NCCCO[C@H](C)c2ccccc2)cc1OC. The summed E-state index contributed by atoms with van der Waals surface area (Å²) in [6, 6.07) is 15.2. The Bertz CT molecular complexity index is 673. The smallest absolute Gasteiger partial charge is 0.251 e. The minimum absolute atomic E-state index is 0.0442. The van der Waals surface area contributed by atoms with E-state index in [1.807, 2.05) is 37.3 Å². The van der Waals surface area contributed by atoms with Crippen LogP contribution in [0.2, 0.25) is 0 Å². The van der Waals surface area contributed by atoms with Crippen molar-refractivity contribution in [1.82, 2.24) is 5.32 Å². The first-order valence-corrected chi connectivity index (χ1v) is 8.32. The van der Waals surface area contributed by atoms with Gasteiger partial charge in [0, 0.05) is 18.7 Å². The summed E-state index contributed by atoms with van der Waals surface area (Å²) >= 11 is 0. The maximum Gasteiger partial charge on any atom is 0.251 e. The third-order valence-corrected chi connectivity index (χ3v) is 3.89. The maximum atomic E-state index is 12.2. The Morgan fingerprint density at radius 2 is 1.76 bits per heavy atom. The lowest BCUT2D eigenvalue weighted by Gasteiger charge is -2.13. The van der Waals surface area contributed by atoms with Gasteiger partial charge in [-0.2, -0.15) is 0 Å². The second-order valence-corrected chi connectivity index (χ2v) is 5.60. The molecule has 134 valence electrons. The second kappa shape index (κ2) is 9.69. The van der Waals surface area contributed by atoms with Gasteiger partial charge in [0.2, 0.25) is 0 Å². The molecule has 5 heteroatoms. The van der Waals surface area contributed by atoms with Gasteiger partial charge in [-0.3, -0.25) is 4.79 Å². The van der Waals surface area contributed by atoms with E-state index in [-0.39, 0.29) is 12.0 Å². The van der Waals surface area contributed by atoms with Crippen LogP contribution in [0.4, 0.5) is 0 Å². The summed E-state index contributed by atoms with van der Waals surface area (Å²) in [7, 11) is 3.11. The zero-order chi connectivity index (χ0) is 18.1. The summed E-state index contributed by atoms with van der Waals surface area (Å²) < 4.78 is 16.2. The van der Waals surface area contributed by atoms with Crippen LogP contribution in [-0.2, 0) is 4.74 Å². The van der Waals surface area contributed by atoms with E-state index >= 15 is 0 Å². The van der Waals surface area contributed by atoms with E-state index in [1.165, 1.54) is 0 Å². The number of methoxy groups -OCH3 is 2. The average molecular weight is 343 g/mol. The molecule has 1 amide bonds. The molecule has 0 aliphatic heterocycles. The zero-order valence-electron chi connectivity index (χ0n) is 15.0. The normalized spacial score (nSPS) is 11.6. The number of carbonyl (C=O) groups is 1. The van der Waals surface area contributed by atoms with E-state index in [2.05, 4.69) is 5.32 Å². The van der Waals surface area contributed by atoms with Gasteiger partial charge < -0.3 is 19.5 Å². The van der Waals surface area contributed by atoms with E-state index in [4.69, 9.17) is 14.2 Å². The van der Waals surface area contributed by atoms with Gasteiger partial charge in [-0.1, -0.05) is 30.3 Å². The molecule has 0 bridgehead atoms. The molecule has 0 aromatic heterocycles. The molecule has 0 fully saturated rings. The van der Waals surface area contributed by atoms with E-state index in [0.717, 1.165) is 12.0 Å². The number of amides is 1. The minimum atomic E-state index is -0.142. The van der Waals surface area contributed by atoms with Crippen molar-refractivity contribution in [2.24, 2.45) is 0 Å². The Hall–Kier alpha value is -2.53. The van der Waals surface area contributed by atoms with Crippen molar-refractivity contribution in [3.8, 4) is 11.5 Å². The Labute approximate surface area is 148 Å². The Balaban J connectivity index is 1.74. The number of carbonyl (C=O) groups excluding carboxylic acids is 1. The zero-order valence-corrected chi connectivity index (χ0v) is 15.0. The van der Waals surface area contributed by atoms with Crippen LogP contribution >= 0.6 is 0 Å². The highest BCUT2D eigenvalue weighted by atomic mass is 16.5. The molecule has 2 aromatic carbocycles. The molecule has 0 unspecified atom stereocenters. The maximum absolute atomic E-state index is 12.2. The minimum Gasteiger partial charge on any atom is -0.493 e. The molecule has 0 aliphatic rings. The topological polar surface area (TPSA) is 56.8 Å². The molecule has 0 heterocycles. The standard InChI is InChI=1S/C20H25NO4/c1-15(16-8-5-4-6-9-16)25-13-7-12-21-20(22)17-10-11-18(23-2)19(14-17)24-3/h4-6,8-11,14-15H,7,12-13H2,1-3H3,(H,21,22)/t15-/m1/s1. The Morgan fingerprint density at radius 1 is 1.04 bits per heavy atom. The van der Waals surface area contributed by atoms with Crippen LogP contribution in [0.1, 0.15) is 35.4 Å². The summed E-state index contributed by atoms with van der Waals surface area (Å²) in [4.78, 5) is 12.2. The van der Waals surface area contributed by atoms with Gasteiger partial charge in [0.1, 0.15) is 0 Å². The molecule has 1 atom stereocenters. The first-order chi connectivity index (χ1) is 12.2. The van der Waals surface area contributed by atoms with Crippen LogP contribution in [0.3, 0.4) is 0 Å². The van der Waals surface area contributed by atoms with Gasteiger partial charge in [0.15, 0.2) is 11.5 Å². The number of nitrogens with one attached hydrogen (secondary N) is 1. The third kappa shape index (κ3) is 5.50. The van der Waals surface area contributed by atoms with Crippen molar-refractivity contribution in [2.75, 3.05) is 27.4 Å². The number of hydrogen-bond acceptors (Lipinski definition) is 4. The quantitative estimate of drug-likeness (QED) is 0.707. The highest BCUT2D eigenvalue weighted by Crippen LogP contribution is 2.27. The molecule has 0 spiro atoms. The van der Waals surface area contributed by atoms with Gasteiger partial charge in [-0.05, 0) is 37.1 Å². The molecule has 2 rings (SSSR count). The predicted octanol–water partition coefficient (Wildman–Crippen LogP) is 3.60. The predicted molar refractivity (Wildman–Crippen MR) is 97.3 cm³/mol. The van der Waals surface area contributed by atoms with Crippen LogP contribution in [0.15, 0.2) is 48.5 Å².